The van der Waals surface area contributed by atoms with Crippen LogP contribution in [0.5, 0.6) is 11.6 Å². The van der Waals surface area contributed by atoms with Crippen molar-refractivity contribution in [1.29, 1.82) is 5.26 Å². The van der Waals surface area contributed by atoms with Crippen LogP contribution in [0.2, 0.25) is 5.15 Å². The van der Waals surface area contributed by atoms with Gasteiger partial charge in [-0.05, 0) is 12.1 Å². The summed E-state index contributed by atoms with van der Waals surface area (Å²) in [6.07, 6.45) is 1.35. The molecule has 0 amide bonds. The number of halogens is 1. The second-order valence-electron chi connectivity index (χ2n) is 3.60. The summed E-state index contributed by atoms with van der Waals surface area (Å²) in [7, 11) is 0. The second kappa shape index (κ2) is 4.55. The van der Waals surface area contributed by atoms with Crippen LogP contribution < -0.4 is 4.74 Å². The molecule has 0 unspecified atom stereocenters. The predicted molar refractivity (Wildman–Crippen MR) is 67.0 cm³/mol. The molecule has 0 atom stereocenters. The van der Waals surface area contributed by atoms with Gasteiger partial charge in [-0.3, -0.25) is 0 Å². The van der Waals surface area contributed by atoms with Crippen molar-refractivity contribution in [3.63, 3.8) is 0 Å². The summed E-state index contributed by atoms with van der Waals surface area (Å²) in [4.78, 5) is 7.93. The van der Waals surface area contributed by atoms with Crippen molar-refractivity contribution in [2.75, 3.05) is 0 Å². The summed E-state index contributed by atoms with van der Waals surface area (Å²) in [6.45, 7) is 0. The molecule has 0 saturated heterocycles. The molecule has 1 aromatic carbocycles. The van der Waals surface area contributed by atoms with Gasteiger partial charge in [0.15, 0.2) is 0 Å². The van der Waals surface area contributed by atoms with Gasteiger partial charge in [0.2, 0.25) is 5.88 Å². The van der Waals surface area contributed by atoms with Gasteiger partial charge in [0.25, 0.3) is 5.78 Å². The smallest absolute Gasteiger partial charge is 0.256 e. The van der Waals surface area contributed by atoms with Crippen molar-refractivity contribution in [2.45, 2.75) is 0 Å². The van der Waals surface area contributed by atoms with E-state index in [9.17, 15) is 0 Å². The maximum absolute atomic E-state index is 9.02. The van der Waals surface area contributed by atoms with Crippen LogP contribution in [0.25, 0.3) is 5.78 Å². The lowest BCUT2D eigenvalue weighted by atomic mass is 10.2. The van der Waals surface area contributed by atoms with Crippen LogP contribution >= 0.6 is 11.6 Å². The molecule has 0 aliphatic rings. The van der Waals surface area contributed by atoms with Crippen LogP contribution in [0, 0.1) is 11.3 Å². The first kappa shape index (κ1) is 11.4. The maximum atomic E-state index is 9.02. The monoisotopic (exact) mass is 271 g/mol. The number of para-hydroxylation sites is 1. The largest absolute Gasteiger partial charge is 0.437 e. The third kappa shape index (κ3) is 2.07. The van der Waals surface area contributed by atoms with E-state index in [1.165, 1.54) is 16.9 Å². The first-order valence-electron chi connectivity index (χ1n) is 5.31. The van der Waals surface area contributed by atoms with E-state index in [2.05, 4.69) is 21.1 Å². The van der Waals surface area contributed by atoms with Gasteiger partial charge in [-0.2, -0.15) is 24.8 Å². The van der Waals surface area contributed by atoms with E-state index in [4.69, 9.17) is 21.6 Å². The summed E-state index contributed by atoms with van der Waals surface area (Å²) >= 11 is 5.88. The van der Waals surface area contributed by atoms with Gasteiger partial charge in [0.05, 0.1) is 5.56 Å². The van der Waals surface area contributed by atoms with E-state index in [1.54, 1.807) is 24.3 Å². The Labute approximate surface area is 112 Å². The van der Waals surface area contributed by atoms with Crippen LogP contribution in [0.1, 0.15) is 5.56 Å². The maximum Gasteiger partial charge on any atom is 0.256 e. The van der Waals surface area contributed by atoms with Crippen molar-refractivity contribution in [3.8, 4) is 17.7 Å². The highest BCUT2D eigenvalue weighted by molar-refractivity contribution is 6.29. The van der Waals surface area contributed by atoms with Crippen LogP contribution in [-0.2, 0) is 0 Å². The lowest BCUT2D eigenvalue weighted by molar-refractivity contribution is 0.444. The SMILES string of the molecule is N#Cc1ccccc1Oc1cc(Cl)nc2ncnn12. The zero-order chi connectivity index (χ0) is 13.2. The Hall–Kier alpha value is -2.65. The fraction of sp³-hybridized carbons (Fsp3) is 0. The third-order valence-corrected chi connectivity index (χ3v) is 2.60. The zero-order valence-corrected chi connectivity index (χ0v) is 10.2. The van der Waals surface area contributed by atoms with Crippen molar-refractivity contribution in [3.05, 3.63) is 47.4 Å². The second-order valence-corrected chi connectivity index (χ2v) is 3.99. The molecular formula is C12H6ClN5O. The standard InChI is InChI=1S/C12H6ClN5O/c13-10-5-11(18-12(17-10)15-7-16-18)19-9-4-2-1-3-8(9)6-14/h1-5,7H. The Kier molecular flexibility index (Phi) is 2.74. The predicted octanol–water partition coefficient (Wildman–Crippen LogP) is 2.44. The number of nitriles is 1. The number of hydrogen-bond donors (Lipinski definition) is 0. The molecule has 7 heteroatoms. The molecule has 3 rings (SSSR count). The third-order valence-electron chi connectivity index (χ3n) is 2.41. The first-order chi connectivity index (χ1) is 9.28. The quantitative estimate of drug-likeness (QED) is 0.669. The summed E-state index contributed by atoms with van der Waals surface area (Å²) < 4.78 is 7.07. The highest BCUT2D eigenvalue weighted by Crippen LogP contribution is 2.26. The van der Waals surface area contributed by atoms with E-state index >= 15 is 0 Å². The number of rotatable bonds is 2. The van der Waals surface area contributed by atoms with E-state index < -0.39 is 0 Å². The lowest BCUT2D eigenvalue weighted by Crippen LogP contribution is -1.98. The van der Waals surface area contributed by atoms with Crippen molar-refractivity contribution in [2.24, 2.45) is 0 Å². The van der Waals surface area contributed by atoms with Crippen molar-refractivity contribution < 1.29 is 4.74 Å². The molecule has 6 nitrogen and oxygen atoms in total. The minimum absolute atomic E-state index is 0.241. The van der Waals surface area contributed by atoms with Gasteiger partial charge in [0, 0.05) is 6.07 Å². The van der Waals surface area contributed by atoms with Crippen LogP contribution in [-0.4, -0.2) is 19.6 Å². The summed E-state index contributed by atoms with van der Waals surface area (Å²) in [5.41, 5.74) is 0.420. The molecule has 0 aliphatic heterocycles. The molecule has 92 valence electrons. The molecule has 0 saturated carbocycles. The Morgan fingerprint density at radius 2 is 2.16 bits per heavy atom. The molecule has 2 aromatic heterocycles. The zero-order valence-electron chi connectivity index (χ0n) is 9.49. The molecule has 19 heavy (non-hydrogen) atoms. The number of aromatic nitrogens is 4. The van der Waals surface area contributed by atoms with Gasteiger partial charge >= 0.3 is 0 Å². The van der Waals surface area contributed by atoms with Gasteiger partial charge in [-0.15, -0.1) is 0 Å². The average Bonchev–Trinajstić information content (AvgIpc) is 2.87. The molecule has 0 N–H and O–H groups in total. The Morgan fingerprint density at radius 1 is 1.32 bits per heavy atom. The van der Waals surface area contributed by atoms with E-state index in [0.29, 0.717) is 23.0 Å². The van der Waals surface area contributed by atoms with Crippen molar-refractivity contribution in [1.82, 2.24) is 19.6 Å². The number of fused-ring (bicyclic) bond motifs is 1. The van der Waals surface area contributed by atoms with Gasteiger partial charge in [-0.1, -0.05) is 23.7 Å². The molecule has 3 aromatic rings. The highest BCUT2D eigenvalue weighted by Gasteiger charge is 2.10. The normalized spacial score (nSPS) is 10.3. The summed E-state index contributed by atoms with van der Waals surface area (Å²) in [5, 5.41) is 13.2. The number of benzene rings is 1. The molecule has 0 aliphatic carbocycles. The van der Waals surface area contributed by atoms with Gasteiger partial charge in [-0.25, -0.2) is 0 Å². The first-order valence-corrected chi connectivity index (χ1v) is 5.69. The Balaban J connectivity index is 2.11. The number of ether oxygens (including phenoxy) is 1. The van der Waals surface area contributed by atoms with Crippen LogP contribution in [0.15, 0.2) is 36.7 Å². The molecular weight excluding hydrogens is 266 g/mol. The molecule has 0 fully saturated rings. The molecule has 0 bridgehead atoms. The fourth-order valence-electron chi connectivity index (χ4n) is 1.59. The van der Waals surface area contributed by atoms with Crippen LogP contribution in [0.3, 0.4) is 0 Å². The van der Waals surface area contributed by atoms with Gasteiger partial charge < -0.3 is 4.74 Å². The number of hydrogen-bond acceptors (Lipinski definition) is 5. The minimum Gasteiger partial charge on any atom is -0.437 e. The highest BCUT2D eigenvalue weighted by atomic mass is 35.5. The fourth-order valence-corrected chi connectivity index (χ4v) is 1.76. The summed E-state index contributed by atoms with van der Waals surface area (Å²) in [5.74, 6) is 1.09. The van der Waals surface area contributed by atoms with E-state index in [-0.39, 0.29) is 5.15 Å². The Bertz CT molecular complexity index is 792. The van der Waals surface area contributed by atoms with Gasteiger partial charge in [0.1, 0.15) is 23.3 Å². The minimum atomic E-state index is 0.241. The number of nitrogens with zero attached hydrogens (tertiary/aromatic N) is 5. The lowest BCUT2D eigenvalue weighted by Gasteiger charge is -2.08. The Morgan fingerprint density at radius 3 is 3.00 bits per heavy atom. The average molecular weight is 272 g/mol. The molecule has 2 heterocycles. The topological polar surface area (TPSA) is 76.1 Å². The van der Waals surface area contributed by atoms with E-state index in [0.717, 1.165) is 0 Å². The van der Waals surface area contributed by atoms with E-state index in [1.807, 2.05) is 0 Å². The molecule has 0 radical (unpaired) electrons. The molecule has 0 spiro atoms. The summed E-state index contributed by atoms with van der Waals surface area (Å²) in [6, 6.07) is 10.5. The van der Waals surface area contributed by atoms with Crippen molar-refractivity contribution >= 4 is 17.4 Å². The van der Waals surface area contributed by atoms with Crippen LogP contribution in [0.4, 0.5) is 0 Å².